The molecular formula is C26H35NO4. The van der Waals surface area contributed by atoms with E-state index in [9.17, 15) is 15.0 Å². The molecule has 3 N–H and O–H groups in total. The first-order chi connectivity index (χ1) is 15.0. The van der Waals surface area contributed by atoms with E-state index in [0.717, 1.165) is 29.7 Å². The van der Waals surface area contributed by atoms with Crippen LogP contribution in [-0.4, -0.2) is 41.0 Å². The minimum Gasteiger partial charge on any atom is -0.489 e. The molecule has 0 radical (unpaired) electrons. The minimum atomic E-state index is -0.588. The molecule has 1 aromatic rings. The number of carbonyl (C=O) groups excluding carboxylic acids is 1. The average molecular weight is 426 g/mol. The summed E-state index contributed by atoms with van der Waals surface area (Å²) in [5, 5.41) is 23.9. The lowest BCUT2D eigenvalue weighted by Gasteiger charge is -2.19. The van der Waals surface area contributed by atoms with Crippen LogP contribution in [0.15, 0.2) is 30.4 Å². The summed E-state index contributed by atoms with van der Waals surface area (Å²) in [6, 6.07) is 6.19. The predicted molar refractivity (Wildman–Crippen MR) is 122 cm³/mol. The minimum absolute atomic E-state index is 0.0432. The average Bonchev–Trinajstić information content (AvgIpc) is 3.25. The normalized spacial score (nSPS) is 25.8. The molecule has 1 aliphatic carbocycles. The van der Waals surface area contributed by atoms with Gasteiger partial charge in [-0.2, -0.15) is 0 Å². The van der Waals surface area contributed by atoms with Crippen molar-refractivity contribution in [3.63, 3.8) is 0 Å². The van der Waals surface area contributed by atoms with Crippen LogP contribution >= 0.6 is 0 Å². The molecule has 1 aromatic carbocycles. The molecule has 3 rings (SSSR count). The maximum absolute atomic E-state index is 11.7. The zero-order chi connectivity index (χ0) is 22.4. The van der Waals surface area contributed by atoms with E-state index in [-0.39, 0.29) is 29.8 Å². The second-order valence-corrected chi connectivity index (χ2v) is 8.69. The van der Waals surface area contributed by atoms with Gasteiger partial charge in [0.1, 0.15) is 11.9 Å². The van der Waals surface area contributed by atoms with Crippen molar-refractivity contribution in [3.05, 3.63) is 41.5 Å². The van der Waals surface area contributed by atoms with E-state index < -0.39 is 12.2 Å². The fourth-order valence-electron chi connectivity index (χ4n) is 4.71. The van der Waals surface area contributed by atoms with Gasteiger partial charge in [-0.15, -0.1) is 11.8 Å². The maximum Gasteiger partial charge on any atom is 0.219 e. The summed E-state index contributed by atoms with van der Waals surface area (Å²) in [7, 11) is 0. The maximum atomic E-state index is 11.7. The zero-order valence-electron chi connectivity index (χ0n) is 18.8. The van der Waals surface area contributed by atoms with Gasteiger partial charge in [0.15, 0.2) is 0 Å². The van der Waals surface area contributed by atoms with Crippen LogP contribution in [0.1, 0.15) is 63.5 Å². The van der Waals surface area contributed by atoms with Crippen molar-refractivity contribution in [1.82, 2.24) is 5.32 Å². The van der Waals surface area contributed by atoms with Gasteiger partial charge in [-0.3, -0.25) is 4.79 Å². The molecule has 5 nitrogen and oxygen atoms in total. The van der Waals surface area contributed by atoms with Crippen molar-refractivity contribution in [1.29, 1.82) is 0 Å². The molecule has 1 heterocycles. The Morgan fingerprint density at radius 3 is 2.97 bits per heavy atom. The highest BCUT2D eigenvalue weighted by atomic mass is 16.5. The summed E-state index contributed by atoms with van der Waals surface area (Å²) >= 11 is 0. The fraction of sp³-hybridized carbons (Fsp3) is 0.577. The third-order valence-electron chi connectivity index (χ3n) is 6.43. The van der Waals surface area contributed by atoms with Crippen molar-refractivity contribution in [3.8, 4) is 17.6 Å². The van der Waals surface area contributed by atoms with Gasteiger partial charge in [0.2, 0.25) is 5.91 Å². The van der Waals surface area contributed by atoms with Crippen LogP contribution in [0.3, 0.4) is 0 Å². The molecule has 0 unspecified atom stereocenters. The SMILES string of the molecule is CC#CC[C@H](C)[C@H](O)/C=C/[C@@H]1[C@H]2c3cccc(CCCC(=O)NCC)c3O[C@H]2C[C@H]1O. The molecule has 0 saturated heterocycles. The molecule has 0 aromatic heterocycles. The first-order valence-electron chi connectivity index (χ1n) is 11.4. The van der Waals surface area contributed by atoms with Gasteiger partial charge in [0.25, 0.3) is 0 Å². The molecule has 6 atom stereocenters. The zero-order valence-corrected chi connectivity index (χ0v) is 18.8. The first-order valence-corrected chi connectivity index (χ1v) is 11.4. The van der Waals surface area contributed by atoms with Crippen LogP contribution in [0.4, 0.5) is 0 Å². The Hall–Kier alpha value is -2.29. The highest BCUT2D eigenvalue weighted by Crippen LogP contribution is 2.52. The van der Waals surface area contributed by atoms with Crippen LogP contribution in [-0.2, 0) is 11.2 Å². The molecule has 1 aliphatic heterocycles. The number of hydrogen-bond donors (Lipinski definition) is 3. The summed E-state index contributed by atoms with van der Waals surface area (Å²) in [6.07, 6.45) is 5.95. The van der Waals surface area contributed by atoms with Crippen molar-refractivity contribution in [2.75, 3.05) is 6.54 Å². The lowest BCUT2D eigenvalue weighted by atomic mass is 9.86. The van der Waals surface area contributed by atoms with Crippen molar-refractivity contribution < 1.29 is 19.7 Å². The Labute approximate surface area is 185 Å². The number of para-hydroxylation sites is 1. The van der Waals surface area contributed by atoms with Gasteiger partial charge in [-0.1, -0.05) is 37.3 Å². The molecule has 0 spiro atoms. The van der Waals surface area contributed by atoms with Crippen molar-refractivity contribution in [2.45, 2.75) is 77.1 Å². The predicted octanol–water partition coefficient (Wildman–Crippen LogP) is 3.34. The summed E-state index contributed by atoms with van der Waals surface area (Å²) in [5.74, 6) is 6.93. The van der Waals surface area contributed by atoms with Crippen LogP contribution in [0.2, 0.25) is 0 Å². The molecular weight excluding hydrogens is 390 g/mol. The van der Waals surface area contributed by atoms with E-state index in [1.807, 2.05) is 32.1 Å². The van der Waals surface area contributed by atoms with Crippen LogP contribution in [0.5, 0.6) is 5.75 Å². The number of fused-ring (bicyclic) bond motifs is 3. The van der Waals surface area contributed by atoms with Crippen molar-refractivity contribution >= 4 is 5.91 Å². The first kappa shape index (κ1) is 23.4. The quantitative estimate of drug-likeness (QED) is 0.419. The third-order valence-corrected chi connectivity index (χ3v) is 6.43. The summed E-state index contributed by atoms with van der Waals surface area (Å²) in [6.45, 7) is 6.36. The molecule has 1 amide bonds. The van der Waals surface area contributed by atoms with Crippen LogP contribution < -0.4 is 10.1 Å². The van der Waals surface area contributed by atoms with Gasteiger partial charge in [-0.25, -0.2) is 0 Å². The molecule has 5 heteroatoms. The van der Waals surface area contributed by atoms with E-state index in [2.05, 4.69) is 29.3 Å². The Kier molecular flexibility index (Phi) is 8.17. The number of amides is 1. The lowest BCUT2D eigenvalue weighted by Crippen LogP contribution is -2.22. The molecule has 0 bridgehead atoms. The van der Waals surface area contributed by atoms with E-state index in [4.69, 9.17) is 4.74 Å². The number of carbonyl (C=O) groups is 1. The molecule has 1 saturated carbocycles. The highest BCUT2D eigenvalue weighted by molar-refractivity contribution is 5.75. The molecule has 2 aliphatic rings. The van der Waals surface area contributed by atoms with Crippen LogP contribution in [0, 0.1) is 23.7 Å². The summed E-state index contributed by atoms with van der Waals surface area (Å²) in [5.41, 5.74) is 2.26. The Morgan fingerprint density at radius 2 is 2.23 bits per heavy atom. The topological polar surface area (TPSA) is 78.8 Å². The van der Waals surface area contributed by atoms with Gasteiger partial charge < -0.3 is 20.3 Å². The standard InChI is InChI=1S/C26H35NO4/c1-4-6-9-17(3)21(28)15-14-19-22(29)16-23-25(19)20-12-7-10-18(26(20)31-23)11-8-13-24(30)27-5-2/h7,10,12,14-15,17,19,21-23,25,28-29H,5,8-9,11,13,16H2,1-3H3,(H,27,30)/b15-14+/t17-,19-,21+,22+,23-,25-/m0/s1. The van der Waals surface area contributed by atoms with Gasteiger partial charge >= 0.3 is 0 Å². The summed E-state index contributed by atoms with van der Waals surface area (Å²) < 4.78 is 6.30. The number of ether oxygens (including phenoxy) is 1. The highest BCUT2D eigenvalue weighted by Gasteiger charge is 2.48. The molecule has 1 fully saturated rings. The Morgan fingerprint density at radius 1 is 1.42 bits per heavy atom. The largest absolute Gasteiger partial charge is 0.489 e. The van der Waals surface area contributed by atoms with Crippen molar-refractivity contribution in [2.24, 2.45) is 11.8 Å². The Bertz CT molecular complexity index is 853. The smallest absolute Gasteiger partial charge is 0.219 e. The monoisotopic (exact) mass is 425 g/mol. The summed E-state index contributed by atoms with van der Waals surface area (Å²) in [4.78, 5) is 11.7. The number of aliphatic hydroxyl groups excluding tert-OH is 2. The lowest BCUT2D eigenvalue weighted by molar-refractivity contribution is -0.121. The molecule has 31 heavy (non-hydrogen) atoms. The number of hydrogen-bond acceptors (Lipinski definition) is 4. The number of benzene rings is 1. The van der Waals surface area contributed by atoms with E-state index in [1.165, 1.54) is 0 Å². The number of rotatable bonds is 9. The van der Waals surface area contributed by atoms with E-state index in [1.54, 1.807) is 6.92 Å². The van der Waals surface area contributed by atoms with E-state index in [0.29, 0.717) is 25.8 Å². The second-order valence-electron chi connectivity index (χ2n) is 8.69. The fourth-order valence-corrected chi connectivity index (χ4v) is 4.71. The van der Waals surface area contributed by atoms with Gasteiger partial charge in [0, 0.05) is 43.2 Å². The third kappa shape index (κ3) is 5.50. The number of aryl methyl sites for hydroxylation is 1. The number of aliphatic hydroxyl groups is 2. The number of nitrogens with one attached hydrogen (secondary N) is 1. The second kappa shape index (κ2) is 10.8. The Balaban J connectivity index is 1.70. The van der Waals surface area contributed by atoms with E-state index >= 15 is 0 Å². The molecule has 168 valence electrons. The van der Waals surface area contributed by atoms with Gasteiger partial charge in [0.05, 0.1) is 12.2 Å². The van der Waals surface area contributed by atoms with Crippen LogP contribution in [0.25, 0.3) is 0 Å². The van der Waals surface area contributed by atoms with Gasteiger partial charge in [-0.05, 0) is 38.2 Å².